The first kappa shape index (κ1) is 13.6. The summed E-state index contributed by atoms with van der Waals surface area (Å²) in [6.07, 6.45) is 3.63. The highest BCUT2D eigenvalue weighted by Gasteiger charge is 2.34. The Kier molecular flexibility index (Phi) is 4.43. The molecule has 1 aromatic heterocycles. The van der Waals surface area contributed by atoms with Crippen molar-refractivity contribution in [2.75, 3.05) is 19.7 Å². The molecular formula is C14H24N2O2. The summed E-state index contributed by atoms with van der Waals surface area (Å²) in [5, 5.41) is 12.7. The van der Waals surface area contributed by atoms with Crippen LogP contribution in [0.1, 0.15) is 32.4 Å². The summed E-state index contributed by atoms with van der Waals surface area (Å²) in [6, 6.07) is 4.31. The Hall–Kier alpha value is -0.840. The molecule has 0 amide bonds. The average Bonchev–Trinajstić information content (AvgIpc) is 2.78. The van der Waals surface area contributed by atoms with Gasteiger partial charge in [0.2, 0.25) is 0 Å². The third-order valence-corrected chi connectivity index (χ3v) is 3.88. The fraction of sp³-hybridized carbons (Fsp3) is 0.714. The molecular weight excluding hydrogens is 228 g/mol. The van der Waals surface area contributed by atoms with Crippen molar-refractivity contribution >= 4 is 0 Å². The molecule has 0 saturated carbocycles. The zero-order valence-corrected chi connectivity index (χ0v) is 11.4. The van der Waals surface area contributed by atoms with Gasteiger partial charge in [0, 0.05) is 24.7 Å². The van der Waals surface area contributed by atoms with Crippen LogP contribution in [0.3, 0.4) is 0 Å². The second-order valence-electron chi connectivity index (χ2n) is 5.64. The largest absolute Gasteiger partial charge is 0.468 e. The van der Waals surface area contributed by atoms with Gasteiger partial charge >= 0.3 is 0 Å². The van der Waals surface area contributed by atoms with Crippen LogP contribution in [-0.2, 0) is 6.54 Å². The number of furan rings is 1. The van der Waals surface area contributed by atoms with E-state index in [4.69, 9.17) is 4.42 Å². The number of aliphatic hydroxyl groups is 1. The number of aliphatic hydroxyl groups excluding tert-OH is 1. The van der Waals surface area contributed by atoms with Crippen molar-refractivity contribution in [1.82, 2.24) is 10.2 Å². The lowest BCUT2D eigenvalue weighted by molar-refractivity contribution is 0.0490. The Balaban J connectivity index is 2.16. The van der Waals surface area contributed by atoms with Gasteiger partial charge < -0.3 is 14.8 Å². The first-order chi connectivity index (χ1) is 8.63. The molecule has 1 aliphatic heterocycles. The van der Waals surface area contributed by atoms with Crippen LogP contribution in [0.25, 0.3) is 0 Å². The van der Waals surface area contributed by atoms with Gasteiger partial charge in [0.15, 0.2) is 0 Å². The van der Waals surface area contributed by atoms with Crippen LogP contribution in [0.2, 0.25) is 0 Å². The minimum absolute atomic E-state index is 0.121. The van der Waals surface area contributed by atoms with Crippen molar-refractivity contribution in [1.29, 1.82) is 0 Å². The van der Waals surface area contributed by atoms with Gasteiger partial charge in [-0.2, -0.15) is 0 Å². The number of nitrogens with zero attached hydrogens (tertiary/aromatic N) is 1. The lowest BCUT2D eigenvalue weighted by Crippen LogP contribution is -2.50. The zero-order chi connectivity index (χ0) is 13.0. The van der Waals surface area contributed by atoms with E-state index in [0.717, 1.165) is 38.2 Å². The monoisotopic (exact) mass is 252 g/mol. The Bertz CT molecular complexity index is 349. The fourth-order valence-electron chi connectivity index (χ4n) is 2.73. The van der Waals surface area contributed by atoms with E-state index >= 15 is 0 Å². The summed E-state index contributed by atoms with van der Waals surface area (Å²) in [6.45, 7) is 7.55. The quantitative estimate of drug-likeness (QED) is 0.854. The molecule has 4 heteroatoms. The molecule has 2 heterocycles. The van der Waals surface area contributed by atoms with E-state index in [9.17, 15) is 5.11 Å². The van der Waals surface area contributed by atoms with Gasteiger partial charge in [-0.25, -0.2) is 0 Å². The predicted octanol–water partition coefficient (Wildman–Crippen LogP) is 1.60. The van der Waals surface area contributed by atoms with Crippen LogP contribution in [0.5, 0.6) is 0 Å². The highest BCUT2D eigenvalue weighted by molar-refractivity contribution is 5.01. The first-order valence-electron chi connectivity index (χ1n) is 6.74. The van der Waals surface area contributed by atoms with Crippen molar-refractivity contribution in [3.63, 3.8) is 0 Å². The van der Waals surface area contributed by atoms with Crippen molar-refractivity contribution in [3.8, 4) is 0 Å². The Morgan fingerprint density at radius 1 is 1.56 bits per heavy atom. The van der Waals surface area contributed by atoms with Crippen molar-refractivity contribution in [3.05, 3.63) is 24.2 Å². The molecule has 18 heavy (non-hydrogen) atoms. The van der Waals surface area contributed by atoms with Gasteiger partial charge in [-0.05, 0) is 45.4 Å². The minimum atomic E-state index is 0.121. The molecule has 1 aliphatic rings. The highest BCUT2D eigenvalue weighted by Crippen LogP contribution is 2.27. The molecule has 0 bridgehead atoms. The van der Waals surface area contributed by atoms with E-state index in [1.165, 1.54) is 0 Å². The van der Waals surface area contributed by atoms with Gasteiger partial charge in [-0.1, -0.05) is 0 Å². The fourth-order valence-corrected chi connectivity index (χ4v) is 2.73. The molecule has 1 fully saturated rings. The van der Waals surface area contributed by atoms with E-state index in [2.05, 4.69) is 24.1 Å². The summed E-state index contributed by atoms with van der Waals surface area (Å²) in [4.78, 5) is 2.46. The van der Waals surface area contributed by atoms with Crippen LogP contribution in [-0.4, -0.2) is 41.3 Å². The van der Waals surface area contributed by atoms with E-state index in [1.807, 2.05) is 12.1 Å². The second-order valence-corrected chi connectivity index (χ2v) is 5.64. The van der Waals surface area contributed by atoms with E-state index in [-0.39, 0.29) is 12.1 Å². The minimum Gasteiger partial charge on any atom is -0.468 e. The maximum absolute atomic E-state index is 9.25. The molecule has 0 radical (unpaired) electrons. The van der Waals surface area contributed by atoms with Gasteiger partial charge in [0.25, 0.3) is 0 Å². The van der Waals surface area contributed by atoms with Crippen molar-refractivity contribution in [2.45, 2.75) is 44.8 Å². The smallest absolute Gasteiger partial charge is 0.117 e. The third kappa shape index (κ3) is 3.13. The van der Waals surface area contributed by atoms with Crippen LogP contribution in [0.4, 0.5) is 0 Å². The number of nitrogens with one attached hydrogen (secondary N) is 1. The van der Waals surface area contributed by atoms with E-state index in [0.29, 0.717) is 6.04 Å². The van der Waals surface area contributed by atoms with Crippen LogP contribution in [0.15, 0.2) is 22.8 Å². The second kappa shape index (κ2) is 5.87. The SMILES string of the molecule is CC1(C)CCNCC(CCO)N1Cc1ccco1. The van der Waals surface area contributed by atoms with E-state index in [1.54, 1.807) is 6.26 Å². The van der Waals surface area contributed by atoms with Gasteiger partial charge in [-0.15, -0.1) is 0 Å². The molecule has 0 aliphatic carbocycles. The average molecular weight is 252 g/mol. The highest BCUT2D eigenvalue weighted by atomic mass is 16.3. The Morgan fingerprint density at radius 3 is 3.06 bits per heavy atom. The predicted molar refractivity (Wildman–Crippen MR) is 71.3 cm³/mol. The molecule has 102 valence electrons. The Morgan fingerprint density at radius 2 is 2.39 bits per heavy atom. The summed E-state index contributed by atoms with van der Waals surface area (Å²) in [5.74, 6) is 0.993. The number of hydrogen-bond acceptors (Lipinski definition) is 4. The summed E-state index contributed by atoms with van der Waals surface area (Å²) < 4.78 is 5.47. The topological polar surface area (TPSA) is 48.6 Å². The molecule has 2 rings (SSSR count). The maximum Gasteiger partial charge on any atom is 0.117 e. The molecule has 0 aromatic carbocycles. The Labute approximate surface area is 109 Å². The van der Waals surface area contributed by atoms with E-state index < -0.39 is 0 Å². The van der Waals surface area contributed by atoms with Gasteiger partial charge in [0.1, 0.15) is 5.76 Å². The number of hydrogen-bond donors (Lipinski definition) is 2. The zero-order valence-electron chi connectivity index (χ0n) is 11.4. The molecule has 1 atom stereocenters. The maximum atomic E-state index is 9.25. The summed E-state index contributed by atoms with van der Waals surface area (Å²) >= 11 is 0. The first-order valence-corrected chi connectivity index (χ1v) is 6.74. The van der Waals surface area contributed by atoms with Crippen LogP contribution < -0.4 is 5.32 Å². The lowest BCUT2D eigenvalue weighted by atomic mass is 9.96. The molecule has 1 aromatic rings. The summed E-state index contributed by atoms with van der Waals surface area (Å²) in [5.41, 5.74) is 0.121. The normalized spacial score (nSPS) is 24.9. The van der Waals surface area contributed by atoms with Gasteiger partial charge in [0.05, 0.1) is 12.8 Å². The van der Waals surface area contributed by atoms with Crippen LogP contribution in [0, 0.1) is 0 Å². The van der Waals surface area contributed by atoms with Gasteiger partial charge in [-0.3, -0.25) is 4.90 Å². The lowest BCUT2D eigenvalue weighted by Gasteiger charge is -2.41. The third-order valence-electron chi connectivity index (χ3n) is 3.88. The number of rotatable bonds is 4. The van der Waals surface area contributed by atoms with Crippen LogP contribution >= 0.6 is 0 Å². The standard InChI is InChI=1S/C14H24N2O2/c1-14(2)6-7-15-10-12(5-8-17)16(14)11-13-4-3-9-18-13/h3-4,9,12,15,17H,5-8,10-11H2,1-2H3. The summed E-state index contributed by atoms with van der Waals surface area (Å²) in [7, 11) is 0. The molecule has 4 nitrogen and oxygen atoms in total. The van der Waals surface area contributed by atoms with Crippen molar-refractivity contribution < 1.29 is 9.52 Å². The molecule has 1 saturated heterocycles. The molecule has 0 spiro atoms. The molecule has 1 unspecified atom stereocenters. The van der Waals surface area contributed by atoms with Crippen molar-refractivity contribution in [2.24, 2.45) is 0 Å². The molecule has 2 N–H and O–H groups in total.